The first kappa shape index (κ1) is 19.7. The van der Waals surface area contributed by atoms with Gasteiger partial charge in [-0.3, -0.25) is 9.78 Å². The fourth-order valence-corrected chi connectivity index (χ4v) is 4.67. The molecule has 1 aliphatic heterocycles. The molecule has 164 valence electrons. The van der Waals surface area contributed by atoms with E-state index in [0.29, 0.717) is 24.0 Å². The topological polar surface area (TPSA) is 85.3 Å². The monoisotopic (exact) mass is 438 g/mol. The molecule has 1 fully saturated rings. The first-order valence-corrected chi connectivity index (χ1v) is 11.1. The van der Waals surface area contributed by atoms with E-state index in [9.17, 15) is 4.79 Å². The zero-order valence-corrected chi connectivity index (χ0v) is 18.2. The number of rotatable bonds is 4. The molecule has 0 aliphatic carbocycles. The van der Waals surface area contributed by atoms with Gasteiger partial charge in [-0.25, -0.2) is 0 Å². The Labute approximate surface area is 190 Å². The number of pyridine rings is 1. The van der Waals surface area contributed by atoms with Gasteiger partial charge in [-0.05, 0) is 42.8 Å². The van der Waals surface area contributed by atoms with Gasteiger partial charge in [0.2, 0.25) is 11.8 Å². The largest absolute Gasteiger partial charge is 0.464 e. The summed E-state index contributed by atoms with van der Waals surface area (Å²) in [6.07, 6.45) is 5.39. The van der Waals surface area contributed by atoms with E-state index in [1.807, 2.05) is 60.4 Å². The molecule has 1 atom stereocenters. The molecule has 7 nitrogen and oxygen atoms in total. The molecule has 0 bridgehead atoms. The van der Waals surface area contributed by atoms with Gasteiger partial charge >= 0.3 is 0 Å². The first-order valence-electron chi connectivity index (χ1n) is 11.1. The van der Waals surface area contributed by atoms with E-state index in [0.717, 1.165) is 45.7 Å². The van der Waals surface area contributed by atoms with Gasteiger partial charge in [-0.15, -0.1) is 10.2 Å². The summed E-state index contributed by atoms with van der Waals surface area (Å²) in [5.74, 6) is 0.861. The van der Waals surface area contributed by atoms with Crippen LogP contribution in [0.25, 0.3) is 33.3 Å². The summed E-state index contributed by atoms with van der Waals surface area (Å²) in [7, 11) is 0. The second-order valence-electron chi connectivity index (χ2n) is 8.51. The molecule has 5 aromatic rings. The number of likely N-dealkylation sites (tertiary alicyclic amines) is 1. The Morgan fingerprint density at radius 3 is 2.97 bits per heavy atom. The maximum Gasteiger partial charge on any atom is 0.267 e. The highest BCUT2D eigenvalue weighted by atomic mass is 16.4. The van der Waals surface area contributed by atoms with Crippen LogP contribution in [0.1, 0.15) is 35.9 Å². The molecule has 0 saturated carbocycles. The summed E-state index contributed by atoms with van der Waals surface area (Å²) in [5, 5.41) is 11.6. The first-order chi connectivity index (χ1) is 16.2. The predicted octanol–water partition coefficient (Wildman–Crippen LogP) is 5.25. The highest BCUT2D eigenvalue weighted by molar-refractivity contribution is 5.92. The molecule has 0 radical (unpaired) electrons. The average molecular weight is 438 g/mol. The van der Waals surface area contributed by atoms with Crippen molar-refractivity contribution in [2.24, 2.45) is 0 Å². The molecule has 1 unspecified atom stereocenters. The van der Waals surface area contributed by atoms with Crippen LogP contribution in [0.5, 0.6) is 0 Å². The molecule has 33 heavy (non-hydrogen) atoms. The summed E-state index contributed by atoms with van der Waals surface area (Å²) >= 11 is 0. The fourth-order valence-electron chi connectivity index (χ4n) is 4.67. The highest BCUT2D eigenvalue weighted by Crippen LogP contribution is 2.34. The number of furan rings is 1. The van der Waals surface area contributed by atoms with Crippen molar-refractivity contribution >= 4 is 27.6 Å². The molecule has 1 saturated heterocycles. The van der Waals surface area contributed by atoms with Gasteiger partial charge < -0.3 is 13.7 Å². The highest BCUT2D eigenvalue weighted by Gasteiger charge is 2.34. The number of nitrogens with zero attached hydrogens (tertiary/aromatic N) is 4. The van der Waals surface area contributed by atoms with Gasteiger partial charge in [-0.2, -0.15) is 0 Å². The molecular formula is C26H22N4O3. The van der Waals surface area contributed by atoms with Crippen molar-refractivity contribution in [3.63, 3.8) is 0 Å². The molecular weight excluding hydrogens is 416 g/mol. The summed E-state index contributed by atoms with van der Waals surface area (Å²) < 4.78 is 11.7. The zero-order chi connectivity index (χ0) is 22.4. The van der Waals surface area contributed by atoms with Crippen LogP contribution in [0.3, 0.4) is 0 Å². The average Bonchev–Trinajstić information content (AvgIpc) is 3.58. The van der Waals surface area contributed by atoms with E-state index in [-0.39, 0.29) is 18.4 Å². The molecule has 0 spiro atoms. The van der Waals surface area contributed by atoms with E-state index in [1.54, 1.807) is 12.5 Å². The van der Waals surface area contributed by atoms with E-state index in [4.69, 9.17) is 8.83 Å². The van der Waals surface area contributed by atoms with Crippen molar-refractivity contribution in [1.29, 1.82) is 0 Å². The quantitative estimate of drug-likeness (QED) is 0.381. The SMILES string of the molecule is Cc1ccc2c(CC(=O)N3CCCC3c3nnc(-c4nccc5ccccc45)o3)coc2c1. The summed E-state index contributed by atoms with van der Waals surface area (Å²) in [6.45, 7) is 2.69. The minimum absolute atomic E-state index is 0.0313. The lowest BCUT2D eigenvalue weighted by Crippen LogP contribution is -2.32. The van der Waals surface area contributed by atoms with Crippen LogP contribution >= 0.6 is 0 Å². The maximum atomic E-state index is 13.2. The Hall–Kier alpha value is -4.00. The van der Waals surface area contributed by atoms with Crippen molar-refractivity contribution < 1.29 is 13.6 Å². The second kappa shape index (κ2) is 7.85. The Morgan fingerprint density at radius 2 is 2.03 bits per heavy atom. The second-order valence-corrected chi connectivity index (χ2v) is 8.51. The Kier molecular flexibility index (Phi) is 4.68. The summed E-state index contributed by atoms with van der Waals surface area (Å²) in [4.78, 5) is 19.6. The van der Waals surface area contributed by atoms with Crippen LogP contribution in [0.4, 0.5) is 0 Å². The van der Waals surface area contributed by atoms with Crippen LogP contribution < -0.4 is 0 Å². The summed E-state index contributed by atoms with van der Waals surface area (Å²) in [6, 6.07) is 15.7. The van der Waals surface area contributed by atoms with Gasteiger partial charge in [0.05, 0.1) is 12.7 Å². The van der Waals surface area contributed by atoms with Crippen LogP contribution in [0.15, 0.2) is 69.8 Å². The van der Waals surface area contributed by atoms with Crippen molar-refractivity contribution in [3.05, 3.63) is 78.0 Å². The standard InChI is InChI=1S/C26H22N4O3/c1-16-8-9-19-18(15-32-22(19)13-16)14-23(31)30-12-4-7-21(30)25-28-29-26(33-25)24-20-6-3-2-5-17(20)10-11-27-24/h2-3,5-6,8-11,13,15,21H,4,7,12,14H2,1H3. The molecule has 1 amide bonds. The van der Waals surface area contributed by atoms with Gasteiger partial charge in [0.15, 0.2) is 0 Å². The van der Waals surface area contributed by atoms with Gasteiger partial charge in [-0.1, -0.05) is 36.4 Å². The number of hydrogen-bond acceptors (Lipinski definition) is 6. The molecule has 2 aromatic carbocycles. The Morgan fingerprint density at radius 1 is 1.12 bits per heavy atom. The lowest BCUT2D eigenvalue weighted by molar-refractivity contribution is -0.131. The molecule has 7 heteroatoms. The van der Waals surface area contributed by atoms with E-state index in [2.05, 4.69) is 15.2 Å². The van der Waals surface area contributed by atoms with E-state index >= 15 is 0 Å². The molecule has 3 aromatic heterocycles. The number of carbonyl (C=O) groups excluding carboxylic acids is 1. The molecule has 0 N–H and O–H groups in total. The van der Waals surface area contributed by atoms with Crippen LogP contribution in [0.2, 0.25) is 0 Å². The smallest absolute Gasteiger partial charge is 0.267 e. The fraction of sp³-hybridized carbons (Fsp3) is 0.231. The zero-order valence-electron chi connectivity index (χ0n) is 18.2. The van der Waals surface area contributed by atoms with Gasteiger partial charge in [0.1, 0.15) is 17.3 Å². The summed E-state index contributed by atoms with van der Waals surface area (Å²) in [5.41, 5.74) is 3.48. The van der Waals surface area contributed by atoms with Gasteiger partial charge in [0, 0.05) is 29.1 Å². The molecule has 1 aliphatic rings. The number of benzene rings is 2. The number of amides is 1. The number of aryl methyl sites for hydroxylation is 1. The number of carbonyl (C=O) groups is 1. The third-order valence-corrected chi connectivity index (χ3v) is 6.33. The van der Waals surface area contributed by atoms with Crippen LogP contribution in [0, 0.1) is 6.92 Å². The maximum absolute atomic E-state index is 13.2. The predicted molar refractivity (Wildman–Crippen MR) is 123 cm³/mol. The Balaban J connectivity index is 1.26. The molecule has 6 rings (SSSR count). The third-order valence-electron chi connectivity index (χ3n) is 6.33. The minimum Gasteiger partial charge on any atom is -0.464 e. The number of fused-ring (bicyclic) bond motifs is 2. The lowest BCUT2D eigenvalue weighted by atomic mass is 10.1. The van der Waals surface area contributed by atoms with E-state index in [1.165, 1.54) is 0 Å². The van der Waals surface area contributed by atoms with E-state index < -0.39 is 0 Å². The third kappa shape index (κ3) is 3.46. The van der Waals surface area contributed by atoms with Crippen molar-refractivity contribution in [3.8, 4) is 11.6 Å². The van der Waals surface area contributed by atoms with Crippen molar-refractivity contribution in [2.45, 2.75) is 32.2 Å². The lowest BCUT2D eigenvalue weighted by Gasteiger charge is -2.21. The van der Waals surface area contributed by atoms with Crippen molar-refractivity contribution in [2.75, 3.05) is 6.54 Å². The van der Waals surface area contributed by atoms with Crippen LogP contribution in [-0.4, -0.2) is 32.5 Å². The number of aromatic nitrogens is 3. The number of hydrogen-bond donors (Lipinski definition) is 0. The van der Waals surface area contributed by atoms with Crippen molar-refractivity contribution in [1.82, 2.24) is 20.1 Å². The normalized spacial score (nSPS) is 16.2. The van der Waals surface area contributed by atoms with Gasteiger partial charge in [0.25, 0.3) is 5.89 Å². The van der Waals surface area contributed by atoms with Crippen LogP contribution in [-0.2, 0) is 11.2 Å². The Bertz CT molecular complexity index is 1480. The molecule has 4 heterocycles. The minimum atomic E-state index is -0.228.